The first kappa shape index (κ1) is 4.18. The monoisotopic (exact) mass is 72.0 g/mol. The normalized spacial score (nSPS) is 9.00. The van der Waals surface area contributed by atoms with Crippen LogP contribution in [-0.2, 0) is 0 Å². The third-order valence-corrected chi connectivity index (χ3v) is 0. The van der Waals surface area contributed by atoms with Gasteiger partial charge in [-0.25, -0.2) is 0 Å². The molecule has 0 aromatic heterocycles. The molecule has 0 aromatic carbocycles. The third-order valence-electron chi connectivity index (χ3n) is 0. The highest BCUT2D eigenvalue weighted by Gasteiger charge is 1.60. The van der Waals surface area contributed by atoms with Gasteiger partial charge in [0.15, 0.2) is 0 Å². The van der Waals surface area contributed by atoms with Crippen LogP contribution in [0.2, 0.25) is 0 Å². The van der Waals surface area contributed by atoms with E-state index in [4.69, 9.17) is 0 Å². The van der Waals surface area contributed by atoms with Crippen LogP contribution in [0, 0.1) is 0 Å². The first-order valence-corrected chi connectivity index (χ1v) is 1.57. The Hall–Kier alpha value is 0.177. The summed E-state index contributed by atoms with van der Waals surface area (Å²) in [4.78, 5) is 0. The fraction of sp³-hybridized carbons (Fsp3) is 1.00. The van der Waals surface area contributed by atoms with E-state index in [0.29, 0.717) is 0 Å². The molecule has 0 saturated heterocycles. The van der Waals surface area contributed by atoms with Crippen LogP contribution in [0.15, 0.2) is 0 Å². The fourth-order valence-electron chi connectivity index (χ4n) is 0. The summed E-state index contributed by atoms with van der Waals surface area (Å²) in [7, 11) is 6.97. The van der Waals surface area contributed by atoms with Crippen molar-refractivity contribution in [1.29, 1.82) is 0 Å². The summed E-state index contributed by atoms with van der Waals surface area (Å²) in [6.07, 6.45) is 0. The minimum atomic E-state index is 1.81. The Morgan fingerprint density at radius 2 is 1.50 bits per heavy atom. The second-order valence-corrected chi connectivity index (χ2v) is 1.79. The summed E-state index contributed by atoms with van der Waals surface area (Å²) in [5, 5.41) is 0. The Labute approximate surface area is 30.1 Å². The summed E-state index contributed by atoms with van der Waals surface area (Å²) >= 11 is 0. The molecule has 0 rings (SSSR count). The van der Waals surface area contributed by atoms with Crippen molar-refractivity contribution < 1.29 is 0 Å². The molecular weight excluding hydrogens is 66.1 g/mol. The van der Waals surface area contributed by atoms with Gasteiger partial charge in [0.25, 0.3) is 0 Å². The van der Waals surface area contributed by atoms with Crippen LogP contribution < -0.4 is 0 Å². The molecule has 3 radical (unpaired) electrons. The van der Waals surface area contributed by atoms with Gasteiger partial charge in [-0.2, -0.15) is 0 Å². The highest BCUT2D eigenvalue weighted by Crippen LogP contribution is 1.44. The van der Waals surface area contributed by atoms with Crippen LogP contribution in [-0.4, -0.2) is 29.1 Å². The minimum Gasteiger partial charge on any atom is -0.332 e. The zero-order valence-electron chi connectivity index (χ0n) is 2.95. The maximum absolute atomic E-state index is 3.15. The van der Waals surface area contributed by atoms with Gasteiger partial charge < -0.3 is 4.57 Å². The number of nitrogens with zero attached hydrogens (tertiary/aromatic N) is 1. The lowest BCUT2D eigenvalue weighted by Gasteiger charge is -1.89. The second kappa shape index (κ2) is 1.49. The number of hydrogen-bond donors (Lipinski definition) is 0. The maximum Gasteiger partial charge on any atom is 0.143 e. The fourth-order valence-corrected chi connectivity index (χ4v) is 0. The first-order valence-electron chi connectivity index (χ1n) is 1.12. The van der Waals surface area contributed by atoms with Crippen molar-refractivity contribution >= 4 is 10.4 Å². The van der Waals surface area contributed by atoms with Gasteiger partial charge in [-0.1, -0.05) is 0 Å². The van der Waals surface area contributed by atoms with Crippen molar-refractivity contribution in [2.75, 3.05) is 14.1 Å². The number of rotatable bonds is 0. The molecule has 4 heavy (non-hydrogen) atoms. The molecular formula is C2H6NSi. The molecule has 0 fully saturated rings. The first-order chi connectivity index (χ1) is 1.73. The molecule has 0 N–H and O–H groups in total. The quantitative estimate of drug-likeness (QED) is 0.353. The third kappa shape index (κ3) is 96.4. The molecule has 0 aliphatic heterocycles. The molecule has 0 aliphatic rings. The molecule has 0 aliphatic carbocycles. The van der Waals surface area contributed by atoms with Crippen LogP contribution >= 0.6 is 0 Å². The molecule has 0 atom stereocenters. The zero-order valence-corrected chi connectivity index (χ0v) is 3.95. The average molecular weight is 72.2 g/mol. The number of hydrogen-bond acceptors (Lipinski definition) is 1. The van der Waals surface area contributed by atoms with Crippen LogP contribution in [0.3, 0.4) is 0 Å². The van der Waals surface area contributed by atoms with Crippen LogP contribution in [0.5, 0.6) is 0 Å². The van der Waals surface area contributed by atoms with E-state index in [1.54, 1.807) is 4.57 Å². The summed E-state index contributed by atoms with van der Waals surface area (Å²) < 4.78 is 1.81. The molecule has 0 bridgehead atoms. The molecule has 2 heteroatoms. The van der Waals surface area contributed by atoms with E-state index in [1.165, 1.54) is 0 Å². The molecule has 0 spiro atoms. The topological polar surface area (TPSA) is 3.24 Å². The molecule has 0 amide bonds. The Morgan fingerprint density at radius 1 is 1.50 bits per heavy atom. The van der Waals surface area contributed by atoms with E-state index in [1.807, 2.05) is 14.1 Å². The lowest BCUT2D eigenvalue weighted by atomic mass is 11.3. The van der Waals surface area contributed by atoms with Crippen molar-refractivity contribution in [1.82, 2.24) is 4.57 Å². The summed E-state index contributed by atoms with van der Waals surface area (Å²) in [6, 6.07) is 0. The van der Waals surface area contributed by atoms with Crippen molar-refractivity contribution in [3.05, 3.63) is 0 Å². The largest absolute Gasteiger partial charge is 0.332 e. The molecule has 0 unspecified atom stereocenters. The van der Waals surface area contributed by atoms with E-state index in [2.05, 4.69) is 10.4 Å². The van der Waals surface area contributed by atoms with E-state index >= 15 is 0 Å². The highest BCUT2D eigenvalue weighted by atomic mass is 28.2. The van der Waals surface area contributed by atoms with E-state index in [-0.39, 0.29) is 0 Å². The Morgan fingerprint density at radius 3 is 1.50 bits per heavy atom. The molecule has 23 valence electrons. The lowest BCUT2D eigenvalue weighted by Crippen LogP contribution is -2.02. The second-order valence-electron chi connectivity index (χ2n) is 0.894. The predicted molar refractivity (Wildman–Crippen MR) is 19.4 cm³/mol. The van der Waals surface area contributed by atoms with E-state index in [0.717, 1.165) is 0 Å². The Bertz CT molecular complexity index is 10.8. The zero-order chi connectivity index (χ0) is 3.58. The summed E-state index contributed by atoms with van der Waals surface area (Å²) in [5.74, 6) is 0. The van der Waals surface area contributed by atoms with Gasteiger partial charge in [0.05, 0.1) is 0 Å². The van der Waals surface area contributed by atoms with Crippen molar-refractivity contribution in [3.8, 4) is 0 Å². The molecule has 0 saturated carbocycles. The van der Waals surface area contributed by atoms with Gasteiger partial charge in [-0.15, -0.1) is 0 Å². The smallest absolute Gasteiger partial charge is 0.143 e. The lowest BCUT2D eigenvalue weighted by molar-refractivity contribution is 0.679. The maximum atomic E-state index is 3.15. The van der Waals surface area contributed by atoms with Crippen molar-refractivity contribution in [2.45, 2.75) is 0 Å². The Balaban J connectivity index is 2.32. The van der Waals surface area contributed by atoms with Gasteiger partial charge in [-0.3, -0.25) is 0 Å². The van der Waals surface area contributed by atoms with Crippen LogP contribution in [0.4, 0.5) is 0 Å². The van der Waals surface area contributed by atoms with Crippen molar-refractivity contribution in [3.63, 3.8) is 0 Å². The standard InChI is InChI=1S/C2H6NSi/c1-3(2)4/h1-2H3. The molecule has 1 nitrogen and oxygen atoms in total. The Kier molecular flexibility index (Phi) is 1.56. The average Bonchev–Trinajstić information content (AvgIpc) is 0.811. The van der Waals surface area contributed by atoms with Crippen molar-refractivity contribution in [2.24, 2.45) is 0 Å². The SMILES string of the molecule is CN(C)[Si]. The van der Waals surface area contributed by atoms with Gasteiger partial charge in [0.2, 0.25) is 0 Å². The summed E-state index contributed by atoms with van der Waals surface area (Å²) in [6.45, 7) is 0. The van der Waals surface area contributed by atoms with Gasteiger partial charge in [-0.05, 0) is 14.1 Å². The minimum absolute atomic E-state index is 1.81. The van der Waals surface area contributed by atoms with Gasteiger partial charge in [0, 0.05) is 0 Å². The van der Waals surface area contributed by atoms with Gasteiger partial charge in [0.1, 0.15) is 10.4 Å². The van der Waals surface area contributed by atoms with E-state index in [9.17, 15) is 0 Å². The summed E-state index contributed by atoms with van der Waals surface area (Å²) in [5.41, 5.74) is 0. The predicted octanol–water partition coefficient (Wildman–Crippen LogP) is -0.369. The highest BCUT2D eigenvalue weighted by molar-refractivity contribution is 6.03. The molecule has 0 heterocycles. The van der Waals surface area contributed by atoms with Crippen LogP contribution in [0.1, 0.15) is 0 Å². The molecule has 0 aromatic rings. The van der Waals surface area contributed by atoms with E-state index < -0.39 is 0 Å². The van der Waals surface area contributed by atoms with Crippen LogP contribution in [0.25, 0.3) is 0 Å². The van der Waals surface area contributed by atoms with Gasteiger partial charge >= 0.3 is 0 Å².